The molecule has 0 saturated heterocycles. The molecule has 1 amide bonds. The number of nitrogens with one attached hydrogen (secondary N) is 1. The number of anilines is 2. The first-order valence-corrected chi connectivity index (χ1v) is 9.62. The third-order valence-electron chi connectivity index (χ3n) is 4.88. The Morgan fingerprint density at radius 1 is 1.21 bits per heavy atom. The van der Waals surface area contributed by atoms with E-state index < -0.39 is 6.09 Å². The van der Waals surface area contributed by atoms with Gasteiger partial charge in [-0.1, -0.05) is 25.5 Å². The van der Waals surface area contributed by atoms with Crippen molar-refractivity contribution in [2.75, 3.05) is 17.7 Å². The topological polar surface area (TPSA) is 89.5 Å². The Kier molecular flexibility index (Phi) is 5.78. The van der Waals surface area contributed by atoms with Gasteiger partial charge in [-0.3, -0.25) is 5.32 Å². The summed E-state index contributed by atoms with van der Waals surface area (Å²) in [7, 11) is 0. The Morgan fingerprint density at radius 2 is 1.93 bits per heavy atom. The molecule has 1 aromatic heterocycles. The van der Waals surface area contributed by atoms with Crippen molar-refractivity contribution in [3.05, 3.63) is 42.5 Å². The van der Waals surface area contributed by atoms with Gasteiger partial charge in [-0.2, -0.15) is 0 Å². The van der Waals surface area contributed by atoms with E-state index in [-0.39, 0.29) is 6.04 Å². The highest BCUT2D eigenvalue weighted by Gasteiger charge is 2.20. The summed E-state index contributed by atoms with van der Waals surface area (Å²) in [4.78, 5) is 10.8. The number of carbonyl (C=O) groups is 1. The van der Waals surface area contributed by atoms with Crippen LogP contribution >= 0.6 is 0 Å². The number of rotatable bonds is 7. The quantitative estimate of drug-likeness (QED) is 0.487. The summed E-state index contributed by atoms with van der Waals surface area (Å²) in [5.74, 6) is 0.801. The zero-order valence-corrected chi connectivity index (χ0v) is 16.5. The van der Waals surface area contributed by atoms with Gasteiger partial charge < -0.3 is 20.1 Å². The zero-order chi connectivity index (χ0) is 20.3. The molecule has 148 valence electrons. The molecule has 6 heteroatoms. The normalized spacial score (nSPS) is 12.1. The molecule has 0 radical (unpaired) electrons. The van der Waals surface area contributed by atoms with Crippen LogP contribution in [-0.2, 0) is 0 Å². The molecule has 3 rings (SSSR count). The first kappa shape index (κ1) is 19.6. The second-order valence-corrected chi connectivity index (χ2v) is 6.89. The van der Waals surface area contributed by atoms with E-state index in [1.165, 1.54) is 0 Å². The van der Waals surface area contributed by atoms with Crippen molar-refractivity contribution in [3.8, 4) is 17.0 Å². The van der Waals surface area contributed by atoms with Gasteiger partial charge in [0.15, 0.2) is 0 Å². The maximum atomic E-state index is 10.8. The molecule has 3 aromatic rings. The third-order valence-corrected chi connectivity index (χ3v) is 4.88. The third kappa shape index (κ3) is 3.76. The first-order valence-electron chi connectivity index (χ1n) is 9.62. The lowest BCUT2D eigenvalue weighted by Gasteiger charge is -2.19. The number of fused-ring (bicyclic) bond motifs is 1. The monoisotopic (exact) mass is 381 g/mol. The van der Waals surface area contributed by atoms with E-state index in [0.717, 1.165) is 40.8 Å². The molecule has 0 aliphatic rings. The Morgan fingerprint density at radius 3 is 2.54 bits per heavy atom. The molecule has 2 aromatic carbocycles. The van der Waals surface area contributed by atoms with Crippen LogP contribution in [0.2, 0.25) is 0 Å². The highest BCUT2D eigenvalue weighted by Crippen LogP contribution is 2.41. The molecule has 0 saturated carbocycles. The highest BCUT2D eigenvalue weighted by atomic mass is 16.5. The van der Waals surface area contributed by atoms with Crippen LogP contribution in [0.5, 0.6) is 5.75 Å². The number of hydrogen-bond acceptors (Lipinski definition) is 3. The van der Waals surface area contributed by atoms with Gasteiger partial charge in [-0.25, -0.2) is 4.79 Å². The predicted octanol–water partition coefficient (Wildman–Crippen LogP) is 5.74. The van der Waals surface area contributed by atoms with Crippen LogP contribution in [0.25, 0.3) is 22.2 Å². The van der Waals surface area contributed by atoms with Gasteiger partial charge in [0, 0.05) is 22.7 Å². The number of aromatic nitrogens is 1. The van der Waals surface area contributed by atoms with Gasteiger partial charge in [-0.05, 0) is 50.6 Å². The van der Waals surface area contributed by atoms with Gasteiger partial charge >= 0.3 is 6.09 Å². The lowest BCUT2D eigenvalue weighted by atomic mass is 10.1. The van der Waals surface area contributed by atoms with Crippen LogP contribution in [0.4, 0.5) is 16.2 Å². The molecular formula is C22H27N3O3. The molecular weight excluding hydrogens is 354 g/mol. The van der Waals surface area contributed by atoms with Gasteiger partial charge in [0.2, 0.25) is 0 Å². The van der Waals surface area contributed by atoms with Gasteiger partial charge in [0.1, 0.15) is 5.75 Å². The molecule has 4 N–H and O–H groups in total. The first-order chi connectivity index (χ1) is 13.5. The number of carboxylic acid groups (broad SMARTS) is 1. The van der Waals surface area contributed by atoms with E-state index in [2.05, 4.69) is 29.8 Å². The number of benzene rings is 2. The Balaban J connectivity index is 2.17. The minimum atomic E-state index is -1.08. The largest absolute Gasteiger partial charge is 0.494 e. The van der Waals surface area contributed by atoms with Crippen LogP contribution in [0.3, 0.4) is 0 Å². The van der Waals surface area contributed by atoms with Gasteiger partial charge in [0.05, 0.1) is 23.5 Å². The second-order valence-electron chi connectivity index (χ2n) is 6.89. The predicted molar refractivity (Wildman–Crippen MR) is 114 cm³/mol. The van der Waals surface area contributed by atoms with E-state index in [0.29, 0.717) is 18.0 Å². The number of hydrogen-bond donors (Lipinski definition) is 3. The molecule has 1 unspecified atom stereocenters. The fraction of sp³-hybridized carbons (Fsp3) is 0.318. The number of nitrogen functional groups attached to an aromatic ring is 1. The van der Waals surface area contributed by atoms with Crippen molar-refractivity contribution >= 4 is 28.4 Å². The Bertz CT molecular complexity index is 977. The highest BCUT2D eigenvalue weighted by molar-refractivity contribution is 6.01. The van der Waals surface area contributed by atoms with Crippen molar-refractivity contribution in [2.24, 2.45) is 0 Å². The molecule has 0 fully saturated rings. The van der Waals surface area contributed by atoms with Crippen LogP contribution < -0.4 is 15.8 Å². The van der Waals surface area contributed by atoms with E-state index in [9.17, 15) is 4.79 Å². The fourth-order valence-electron chi connectivity index (χ4n) is 3.71. The van der Waals surface area contributed by atoms with Gasteiger partial charge in [-0.15, -0.1) is 0 Å². The SMILES string of the molecule is CCCC(C)n1c(-c2ccc(NC(=O)O)cc2)c(N)c2cc(OCC)ccc21. The van der Waals surface area contributed by atoms with Crippen LogP contribution in [0.15, 0.2) is 42.5 Å². The molecule has 6 nitrogen and oxygen atoms in total. The van der Waals surface area contributed by atoms with E-state index in [4.69, 9.17) is 15.6 Å². The molecule has 0 bridgehead atoms. The summed E-state index contributed by atoms with van der Waals surface area (Å²) in [6, 6.07) is 13.6. The number of ether oxygens (including phenoxy) is 1. The lowest BCUT2D eigenvalue weighted by molar-refractivity contribution is 0.209. The van der Waals surface area contributed by atoms with E-state index in [1.54, 1.807) is 12.1 Å². The molecule has 1 heterocycles. The number of nitrogens with zero attached hydrogens (tertiary/aromatic N) is 1. The maximum Gasteiger partial charge on any atom is 0.409 e. The van der Waals surface area contributed by atoms with Crippen LogP contribution in [-0.4, -0.2) is 22.4 Å². The summed E-state index contributed by atoms with van der Waals surface area (Å²) in [6.07, 6.45) is 1.02. The van der Waals surface area contributed by atoms with Crippen LogP contribution in [0, 0.1) is 0 Å². The summed E-state index contributed by atoms with van der Waals surface area (Å²) >= 11 is 0. The summed E-state index contributed by atoms with van der Waals surface area (Å²) in [5.41, 5.74) is 10.8. The minimum absolute atomic E-state index is 0.273. The standard InChI is InChI=1S/C22H27N3O3/c1-4-6-14(3)25-19-12-11-17(28-5-2)13-18(19)20(23)21(25)15-7-9-16(10-8-15)24-22(26)27/h7-14,24H,4-6,23H2,1-3H3,(H,26,27). The minimum Gasteiger partial charge on any atom is -0.494 e. The van der Waals surface area contributed by atoms with Crippen molar-refractivity contribution in [1.29, 1.82) is 0 Å². The van der Waals surface area contributed by atoms with Gasteiger partial charge in [0.25, 0.3) is 0 Å². The van der Waals surface area contributed by atoms with Crippen molar-refractivity contribution in [3.63, 3.8) is 0 Å². The molecule has 0 aliphatic heterocycles. The fourth-order valence-corrected chi connectivity index (χ4v) is 3.71. The summed E-state index contributed by atoms with van der Waals surface area (Å²) in [6.45, 7) is 6.93. The van der Waals surface area contributed by atoms with Crippen LogP contribution in [0.1, 0.15) is 39.7 Å². The summed E-state index contributed by atoms with van der Waals surface area (Å²) in [5, 5.41) is 12.2. The Labute approximate surface area is 164 Å². The van der Waals surface area contributed by atoms with E-state index in [1.807, 2.05) is 31.2 Å². The zero-order valence-electron chi connectivity index (χ0n) is 16.5. The average molecular weight is 381 g/mol. The molecule has 28 heavy (non-hydrogen) atoms. The lowest BCUT2D eigenvalue weighted by Crippen LogP contribution is -2.08. The van der Waals surface area contributed by atoms with Crippen molar-refractivity contribution in [2.45, 2.75) is 39.7 Å². The molecule has 0 aliphatic carbocycles. The maximum absolute atomic E-state index is 10.8. The Hall–Kier alpha value is -3.15. The smallest absolute Gasteiger partial charge is 0.409 e. The van der Waals surface area contributed by atoms with E-state index >= 15 is 0 Å². The number of amides is 1. The summed E-state index contributed by atoms with van der Waals surface area (Å²) < 4.78 is 7.94. The molecule has 0 spiro atoms. The van der Waals surface area contributed by atoms with Crippen molar-refractivity contribution < 1.29 is 14.6 Å². The van der Waals surface area contributed by atoms with Crippen molar-refractivity contribution in [1.82, 2.24) is 4.57 Å². The molecule has 1 atom stereocenters. The second kappa shape index (κ2) is 8.25. The average Bonchev–Trinajstić information content (AvgIpc) is 2.95. The number of nitrogens with two attached hydrogens (primary N) is 1.